The zero-order valence-electron chi connectivity index (χ0n) is 33.7. The highest BCUT2D eigenvalue weighted by Crippen LogP contribution is 2.45. The van der Waals surface area contributed by atoms with Crippen molar-refractivity contribution in [2.45, 2.75) is 121 Å². The topological polar surface area (TPSA) is 122 Å². The first-order chi connectivity index (χ1) is 25.2. The largest absolute Gasteiger partial charge is 0.497 e. The maximum atomic E-state index is 14.0. The van der Waals surface area contributed by atoms with Crippen molar-refractivity contribution in [3.05, 3.63) is 89.5 Å². The molecule has 0 spiro atoms. The summed E-state index contributed by atoms with van der Waals surface area (Å²) >= 11 is 0. The molecule has 1 aliphatic heterocycles. The van der Waals surface area contributed by atoms with E-state index in [0.717, 1.165) is 33.6 Å². The smallest absolute Gasteiger partial charge is 0.407 e. The third kappa shape index (κ3) is 9.12. The summed E-state index contributed by atoms with van der Waals surface area (Å²) in [6, 6.07) is 23.0. The van der Waals surface area contributed by atoms with Gasteiger partial charge in [-0.1, -0.05) is 102 Å². The number of alkyl carbamates (subject to hydrolysis) is 1. The number of rotatable bonds is 13. The number of nitrogens with one attached hydrogen (secondary N) is 1. The summed E-state index contributed by atoms with van der Waals surface area (Å²) in [5.41, 5.74) is 5.36. The number of carbonyl (C=O) groups excluding carboxylic acids is 1. The van der Waals surface area contributed by atoms with Gasteiger partial charge in [0, 0.05) is 5.92 Å². The Morgan fingerprint density at radius 1 is 0.759 bits per heavy atom. The second-order valence-electron chi connectivity index (χ2n) is 17.5. The second-order valence-corrected chi connectivity index (χ2v) is 27.0. The van der Waals surface area contributed by atoms with E-state index in [1.807, 2.05) is 48.5 Å². The summed E-state index contributed by atoms with van der Waals surface area (Å²) in [6.07, 6.45) is -4.84. The number of carboxylic acid groups (broad SMARTS) is 1. The van der Waals surface area contributed by atoms with Crippen LogP contribution in [0.5, 0.6) is 5.75 Å². The lowest BCUT2D eigenvalue weighted by Gasteiger charge is -2.52. The fourth-order valence-electron chi connectivity index (χ4n) is 6.55. The number of aliphatic carboxylic acids is 1. The standard InChI is InChI=1S/C42H59NO9Si2/c1-41(2,3)53(8,9)51-36-35(43-40(46)49-25-33-31-18-14-12-16-29(31)30-17-13-15-19-32(30)33)34(26-48-24-27-20-22-28(47-7)23-21-27)50-38(39(44)45)37(36)52-54(10,11)42(4,5)6/h12-23,33-38H,24-26H2,1-11H3,(H,43,46)(H,44,45)/t34-,35-,36+,37-,38-/m1/s1. The third-order valence-corrected chi connectivity index (χ3v) is 20.7. The number of methoxy groups -OCH3 is 1. The second kappa shape index (κ2) is 16.3. The Bertz CT molecular complexity index is 1720. The predicted octanol–water partition coefficient (Wildman–Crippen LogP) is 8.75. The van der Waals surface area contributed by atoms with E-state index in [1.165, 1.54) is 0 Å². The van der Waals surface area contributed by atoms with Crippen molar-refractivity contribution in [2.24, 2.45) is 0 Å². The van der Waals surface area contributed by atoms with Gasteiger partial charge >= 0.3 is 12.1 Å². The van der Waals surface area contributed by atoms with Gasteiger partial charge in [0.05, 0.1) is 32.5 Å². The van der Waals surface area contributed by atoms with E-state index in [0.29, 0.717) is 0 Å². The molecule has 2 aliphatic rings. The number of carboxylic acids is 1. The monoisotopic (exact) mass is 777 g/mol. The van der Waals surface area contributed by atoms with Crippen molar-refractivity contribution in [3.8, 4) is 16.9 Å². The molecule has 0 saturated carbocycles. The molecule has 0 unspecified atom stereocenters. The average Bonchev–Trinajstić information content (AvgIpc) is 3.42. The SMILES string of the molecule is COc1ccc(COC[C@H]2O[C@@H](C(=O)O)[C@H](O[Si](C)(C)C(C)(C)C)[C@@H](O[Si](C)(C)C(C)(C)C)[C@@H]2NC(=O)OCC2c3ccccc3-c3ccccc32)cc1. The van der Waals surface area contributed by atoms with Crippen LogP contribution in [-0.2, 0) is 34.5 Å². The highest BCUT2D eigenvalue weighted by molar-refractivity contribution is 6.74. The molecule has 2 N–H and O–H groups in total. The van der Waals surface area contributed by atoms with Gasteiger partial charge in [0.25, 0.3) is 0 Å². The van der Waals surface area contributed by atoms with Gasteiger partial charge in [0.1, 0.15) is 24.6 Å². The maximum Gasteiger partial charge on any atom is 0.407 e. The molecule has 0 bridgehead atoms. The van der Waals surface area contributed by atoms with Gasteiger partial charge in [-0.15, -0.1) is 0 Å². The normalized spacial score (nSPS) is 21.9. The number of benzene rings is 3. The van der Waals surface area contributed by atoms with Crippen molar-refractivity contribution in [2.75, 3.05) is 20.3 Å². The fraction of sp³-hybridized carbons (Fsp3) is 0.524. The van der Waals surface area contributed by atoms with Crippen molar-refractivity contribution in [1.82, 2.24) is 5.32 Å². The Balaban J connectivity index is 1.48. The minimum absolute atomic E-state index is 0.0195. The highest BCUT2D eigenvalue weighted by Gasteiger charge is 2.56. The zero-order valence-corrected chi connectivity index (χ0v) is 35.7. The molecule has 1 saturated heterocycles. The predicted molar refractivity (Wildman–Crippen MR) is 215 cm³/mol. The van der Waals surface area contributed by atoms with Crippen LogP contribution in [0, 0.1) is 0 Å². The average molecular weight is 778 g/mol. The van der Waals surface area contributed by atoms with Crippen LogP contribution in [0.25, 0.3) is 11.1 Å². The number of ether oxygens (including phenoxy) is 4. The Labute approximate surface area is 323 Å². The lowest BCUT2D eigenvalue weighted by Crippen LogP contribution is -2.70. The van der Waals surface area contributed by atoms with Crippen LogP contribution in [0.2, 0.25) is 36.3 Å². The summed E-state index contributed by atoms with van der Waals surface area (Å²) in [5, 5.41) is 13.3. The number of amides is 1. The number of fused-ring (bicyclic) bond motifs is 3. The quantitative estimate of drug-likeness (QED) is 0.164. The minimum atomic E-state index is -2.61. The van der Waals surface area contributed by atoms with Crippen molar-refractivity contribution in [1.29, 1.82) is 0 Å². The molecule has 294 valence electrons. The van der Waals surface area contributed by atoms with E-state index in [1.54, 1.807) is 7.11 Å². The minimum Gasteiger partial charge on any atom is -0.497 e. The number of carbonyl (C=O) groups is 2. The summed E-state index contributed by atoms with van der Waals surface area (Å²) in [4.78, 5) is 27.1. The molecule has 1 amide bonds. The molecular weight excluding hydrogens is 719 g/mol. The Morgan fingerprint density at radius 2 is 1.28 bits per heavy atom. The van der Waals surface area contributed by atoms with E-state index in [4.69, 9.17) is 27.8 Å². The van der Waals surface area contributed by atoms with E-state index in [2.05, 4.69) is 97.3 Å². The molecule has 1 fully saturated rings. The molecule has 5 atom stereocenters. The highest BCUT2D eigenvalue weighted by atomic mass is 28.4. The maximum absolute atomic E-state index is 14.0. The summed E-state index contributed by atoms with van der Waals surface area (Å²) < 4.78 is 38.1. The molecule has 0 radical (unpaired) electrons. The van der Waals surface area contributed by atoms with Crippen LogP contribution in [0.1, 0.15) is 64.2 Å². The van der Waals surface area contributed by atoms with Gasteiger partial charge in [-0.3, -0.25) is 0 Å². The van der Waals surface area contributed by atoms with Gasteiger partial charge < -0.3 is 38.2 Å². The number of hydrogen-bond donors (Lipinski definition) is 2. The van der Waals surface area contributed by atoms with E-state index in [-0.39, 0.29) is 35.8 Å². The Kier molecular flexibility index (Phi) is 12.6. The van der Waals surface area contributed by atoms with E-state index in [9.17, 15) is 14.7 Å². The molecular formula is C42H59NO9Si2. The molecule has 54 heavy (non-hydrogen) atoms. The summed E-state index contributed by atoms with van der Waals surface area (Å²) in [6.45, 7) is 21.4. The lowest BCUT2D eigenvalue weighted by atomic mass is 9.93. The number of hydrogen-bond acceptors (Lipinski definition) is 8. The Hall–Kier alpha value is -3.53. The molecule has 1 aliphatic carbocycles. The van der Waals surface area contributed by atoms with Crippen LogP contribution in [-0.4, -0.2) is 84.6 Å². The van der Waals surface area contributed by atoms with E-state index < -0.39 is 59.2 Å². The summed E-state index contributed by atoms with van der Waals surface area (Å²) in [5.74, 6) is -0.577. The Morgan fingerprint density at radius 3 is 1.78 bits per heavy atom. The first-order valence-corrected chi connectivity index (χ1v) is 24.6. The van der Waals surface area contributed by atoms with Crippen molar-refractivity contribution in [3.63, 3.8) is 0 Å². The van der Waals surface area contributed by atoms with Crippen LogP contribution >= 0.6 is 0 Å². The molecule has 3 aromatic carbocycles. The molecule has 1 heterocycles. The van der Waals surface area contributed by atoms with Crippen LogP contribution < -0.4 is 10.1 Å². The molecule has 12 heteroatoms. The van der Waals surface area contributed by atoms with Crippen LogP contribution in [0.15, 0.2) is 72.8 Å². The van der Waals surface area contributed by atoms with Gasteiger partial charge in [-0.25, -0.2) is 9.59 Å². The first kappa shape index (κ1) is 41.6. The molecule has 3 aromatic rings. The molecule has 5 rings (SSSR count). The molecule has 0 aromatic heterocycles. The fourth-order valence-corrected chi connectivity index (χ4v) is 9.16. The summed E-state index contributed by atoms with van der Waals surface area (Å²) in [7, 11) is -3.61. The van der Waals surface area contributed by atoms with Crippen molar-refractivity contribution < 1.29 is 42.5 Å². The van der Waals surface area contributed by atoms with Gasteiger partial charge in [-0.2, -0.15) is 0 Å². The van der Waals surface area contributed by atoms with E-state index >= 15 is 0 Å². The van der Waals surface area contributed by atoms with Gasteiger partial charge in [-0.05, 0) is 76.2 Å². The third-order valence-electron chi connectivity index (χ3n) is 11.8. The van der Waals surface area contributed by atoms with Crippen LogP contribution in [0.4, 0.5) is 4.79 Å². The van der Waals surface area contributed by atoms with Gasteiger partial charge in [0.2, 0.25) is 0 Å². The van der Waals surface area contributed by atoms with Gasteiger partial charge in [0.15, 0.2) is 22.7 Å². The van der Waals surface area contributed by atoms with Crippen molar-refractivity contribution >= 4 is 28.7 Å². The van der Waals surface area contributed by atoms with Crippen LogP contribution in [0.3, 0.4) is 0 Å². The molecule has 10 nitrogen and oxygen atoms in total. The first-order valence-electron chi connectivity index (χ1n) is 18.8. The lowest BCUT2D eigenvalue weighted by molar-refractivity contribution is -0.204. The zero-order chi connectivity index (χ0) is 39.6.